The lowest BCUT2D eigenvalue weighted by Gasteiger charge is -2.30. The van der Waals surface area contributed by atoms with Crippen molar-refractivity contribution in [2.75, 3.05) is 18.2 Å². The number of pyridine rings is 1. The number of nitrogens with zero attached hydrogens (tertiary/aromatic N) is 1. The van der Waals surface area contributed by atoms with Gasteiger partial charge in [-0.3, -0.25) is 14.7 Å². The molecule has 1 aliphatic rings. The molecule has 1 aromatic carbocycles. The molecule has 0 amide bonds. The highest BCUT2D eigenvalue weighted by Crippen LogP contribution is 2.31. The van der Waals surface area contributed by atoms with Crippen molar-refractivity contribution in [3.63, 3.8) is 0 Å². The van der Waals surface area contributed by atoms with E-state index < -0.39 is 0 Å². The molecule has 0 saturated carbocycles. The second-order valence-electron chi connectivity index (χ2n) is 4.45. The first-order valence-electron chi connectivity index (χ1n) is 6.35. The average molecular weight is 317 g/mol. The zero-order valence-corrected chi connectivity index (χ0v) is 12.9. The second kappa shape index (κ2) is 6.97. The smallest absolute Gasteiger partial charge is 0.253 e. The summed E-state index contributed by atoms with van der Waals surface area (Å²) in [4.78, 5) is 20.7. The summed E-state index contributed by atoms with van der Waals surface area (Å²) in [7, 11) is 0. The Morgan fingerprint density at radius 2 is 2.05 bits per heavy atom. The Balaban J connectivity index is 0.000001000. The number of halogens is 2. The number of aromatic amines is 1. The maximum atomic E-state index is 12.1. The maximum Gasteiger partial charge on any atom is 0.253 e. The summed E-state index contributed by atoms with van der Waals surface area (Å²) in [5.41, 5.74) is 2.66. The van der Waals surface area contributed by atoms with Gasteiger partial charge < -0.3 is 4.98 Å². The minimum Gasteiger partial charge on any atom is -0.322 e. The number of hydrogen-bond donors (Lipinski definition) is 1. The Kier molecular flexibility index (Phi) is 5.87. The van der Waals surface area contributed by atoms with Gasteiger partial charge in [-0.15, -0.1) is 24.8 Å². The Morgan fingerprint density at radius 3 is 2.80 bits per heavy atom. The molecule has 0 spiro atoms. The van der Waals surface area contributed by atoms with Crippen LogP contribution >= 0.6 is 24.8 Å². The predicted molar refractivity (Wildman–Crippen MR) is 86.4 cm³/mol. The van der Waals surface area contributed by atoms with Crippen molar-refractivity contribution in [2.24, 2.45) is 0 Å². The summed E-state index contributed by atoms with van der Waals surface area (Å²) >= 11 is 0. The first-order valence-corrected chi connectivity index (χ1v) is 6.35. The molecule has 0 saturated heterocycles. The molecular weight excluding hydrogens is 299 g/mol. The van der Waals surface area contributed by atoms with Crippen LogP contribution in [-0.4, -0.2) is 18.1 Å². The average Bonchev–Trinajstić information content (AvgIpc) is 2.40. The quantitative estimate of drug-likeness (QED) is 0.926. The SMILES string of the molecule is CCON1CCCc2c1c1ccccc1[nH]c2=O.Cl.Cl. The summed E-state index contributed by atoms with van der Waals surface area (Å²) in [5.74, 6) is 0. The Labute approximate surface area is 129 Å². The van der Waals surface area contributed by atoms with Gasteiger partial charge in [-0.05, 0) is 25.8 Å². The molecule has 110 valence electrons. The van der Waals surface area contributed by atoms with Gasteiger partial charge in [0.15, 0.2) is 0 Å². The number of fused-ring (bicyclic) bond motifs is 3. The number of aromatic nitrogens is 1. The van der Waals surface area contributed by atoms with Gasteiger partial charge in [0.2, 0.25) is 0 Å². The second-order valence-corrected chi connectivity index (χ2v) is 4.45. The van der Waals surface area contributed by atoms with Crippen molar-refractivity contribution in [1.82, 2.24) is 4.98 Å². The highest BCUT2D eigenvalue weighted by Gasteiger charge is 2.22. The molecule has 0 aliphatic carbocycles. The molecule has 1 aromatic heterocycles. The van der Waals surface area contributed by atoms with Gasteiger partial charge in [-0.2, -0.15) is 0 Å². The molecule has 0 unspecified atom stereocenters. The number of hydrogen-bond acceptors (Lipinski definition) is 3. The maximum absolute atomic E-state index is 12.1. The standard InChI is InChI=1S/C14H16N2O2.2ClH/c1-2-18-16-9-5-7-11-13(16)10-6-3-4-8-12(10)15-14(11)17;;/h3-4,6,8H,2,5,7,9H2,1H3,(H,15,17);2*1H. The lowest BCUT2D eigenvalue weighted by molar-refractivity contribution is 0.116. The highest BCUT2D eigenvalue weighted by atomic mass is 35.5. The van der Waals surface area contributed by atoms with Gasteiger partial charge in [0.05, 0.1) is 17.8 Å². The number of benzene rings is 1. The summed E-state index contributed by atoms with van der Waals surface area (Å²) < 4.78 is 0. The Morgan fingerprint density at radius 1 is 1.30 bits per heavy atom. The van der Waals surface area contributed by atoms with E-state index >= 15 is 0 Å². The number of anilines is 1. The number of H-pyrrole nitrogens is 1. The topological polar surface area (TPSA) is 45.3 Å². The monoisotopic (exact) mass is 316 g/mol. The third-order valence-electron chi connectivity index (χ3n) is 3.31. The van der Waals surface area contributed by atoms with Crippen molar-refractivity contribution in [2.45, 2.75) is 19.8 Å². The molecule has 1 aliphatic heterocycles. The van der Waals surface area contributed by atoms with E-state index in [1.807, 2.05) is 36.3 Å². The minimum atomic E-state index is 0. The summed E-state index contributed by atoms with van der Waals surface area (Å²) in [6.07, 6.45) is 1.77. The van der Waals surface area contributed by atoms with E-state index in [9.17, 15) is 4.79 Å². The van der Waals surface area contributed by atoms with E-state index in [1.165, 1.54) is 0 Å². The predicted octanol–water partition coefficient (Wildman–Crippen LogP) is 3.08. The molecule has 0 radical (unpaired) electrons. The van der Waals surface area contributed by atoms with Gasteiger partial charge in [-0.25, -0.2) is 0 Å². The molecule has 4 nitrogen and oxygen atoms in total. The largest absolute Gasteiger partial charge is 0.322 e. The third kappa shape index (κ3) is 2.77. The molecule has 6 heteroatoms. The minimum absolute atomic E-state index is 0. The summed E-state index contributed by atoms with van der Waals surface area (Å²) in [6.45, 7) is 3.42. The number of rotatable bonds is 2. The van der Waals surface area contributed by atoms with Crippen LogP contribution < -0.4 is 10.6 Å². The van der Waals surface area contributed by atoms with E-state index in [2.05, 4.69) is 4.98 Å². The molecule has 1 N–H and O–H groups in total. The molecule has 2 heterocycles. The van der Waals surface area contributed by atoms with Crippen LogP contribution in [0.3, 0.4) is 0 Å². The summed E-state index contributed by atoms with van der Waals surface area (Å²) in [5, 5.41) is 2.93. The molecule has 2 aromatic rings. The normalized spacial score (nSPS) is 13.3. The van der Waals surface area contributed by atoms with E-state index in [1.54, 1.807) is 0 Å². The number of nitrogens with one attached hydrogen (secondary N) is 1. The van der Waals surface area contributed by atoms with Crippen molar-refractivity contribution < 1.29 is 4.84 Å². The van der Waals surface area contributed by atoms with Crippen molar-refractivity contribution in [1.29, 1.82) is 0 Å². The molecule has 0 atom stereocenters. The number of hydroxylamine groups is 1. The van der Waals surface area contributed by atoms with Crippen LogP contribution in [0.15, 0.2) is 29.1 Å². The first kappa shape index (κ1) is 16.8. The fraction of sp³-hybridized carbons (Fsp3) is 0.357. The van der Waals surface area contributed by atoms with E-state index in [-0.39, 0.29) is 30.4 Å². The van der Waals surface area contributed by atoms with Gasteiger partial charge in [0.1, 0.15) is 0 Å². The van der Waals surface area contributed by atoms with Crippen molar-refractivity contribution in [3.05, 3.63) is 40.2 Å². The summed E-state index contributed by atoms with van der Waals surface area (Å²) in [6, 6.07) is 7.87. The Bertz CT molecular complexity index is 643. The molecule has 20 heavy (non-hydrogen) atoms. The van der Waals surface area contributed by atoms with Crippen molar-refractivity contribution >= 4 is 41.4 Å². The third-order valence-corrected chi connectivity index (χ3v) is 3.31. The van der Waals surface area contributed by atoms with Crippen LogP contribution in [0.25, 0.3) is 10.9 Å². The van der Waals surface area contributed by atoms with Gasteiger partial charge in [-0.1, -0.05) is 18.2 Å². The van der Waals surface area contributed by atoms with Crippen LogP contribution in [-0.2, 0) is 11.3 Å². The van der Waals surface area contributed by atoms with Gasteiger partial charge in [0.25, 0.3) is 5.56 Å². The molecule has 0 bridgehead atoms. The number of para-hydroxylation sites is 1. The van der Waals surface area contributed by atoms with E-state index in [0.29, 0.717) is 6.61 Å². The van der Waals surface area contributed by atoms with Crippen LogP contribution in [0.5, 0.6) is 0 Å². The zero-order valence-electron chi connectivity index (χ0n) is 11.2. The van der Waals surface area contributed by atoms with E-state index in [0.717, 1.165) is 41.5 Å². The zero-order chi connectivity index (χ0) is 12.5. The van der Waals surface area contributed by atoms with Gasteiger partial charge in [0, 0.05) is 17.5 Å². The highest BCUT2D eigenvalue weighted by molar-refractivity contribution is 5.93. The Hall–Kier alpha value is -1.23. The first-order chi connectivity index (χ1) is 8.81. The van der Waals surface area contributed by atoms with Crippen LogP contribution in [0.1, 0.15) is 18.9 Å². The van der Waals surface area contributed by atoms with E-state index in [4.69, 9.17) is 4.84 Å². The molecular formula is C14H18Cl2N2O2. The lowest BCUT2D eigenvalue weighted by atomic mass is 10.0. The van der Waals surface area contributed by atoms with Crippen LogP contribution in [0.2, 0.25) is 0 Å². The fourth-order valence-corrected chi connectivity index (χ4v) is 2.58. The van der Waals surface area contributed by atoms with Crippen LogP contribution in [0, 0.1) is 0 Å². The van der Waals surface area contributed by atoms with Crippen molar-refractivity contribution in [3.8, 4) is 0 Å². The van der Waals surface area contributed by atoms with Gasteiger partial charge >= 0.3 is 0 Å². The van der Waals surface area contributed by atoms with Crippen LogP contribution in [0.4, 0.5) is 5.69 Å². The molecule has 0 fully saturated rings. The molecule has 3 rings (SSSR count). The fourth-order valence-electron chi connectivity index (χ4n) is 2.58. The lowest BCUT2D eigenvalue weighted by Crippen LogP contribution is -2.33.